The summed E-state index contributed by atoms with van der Waals surface area (Å²) in [6.45, 7) is 8.26. The van der Waals surface area contributed by atoms with E-state index in [0.29, 0.717) is 17.5 Å². The summed E-state index contributed by atoms with van der Waals surface area (Å²) in [5, 5.41) is 4.52. The van der Waals surface area contributed by atoms with Crippen molar-refractivity contribution in [3.63, 3.8) is 0 Å². The fraction of sp³-hybridized carbons (Fsp3) is 0.154. The van der Waals surface area contributed by atoms with Crippen molar-refractivity contribution < 1.29 is 13.7 Å². The summed E-state index contributed by atoms with van der Waals surface area (Å²) >= 11 is 1.80. The highest BCUT2D eigenvalue weighted by Gasteiger charge is 2.51. The van der Waals surface area contributed by atoms with Gasteiger partial charge in [0, 0.05) is 47.6 Å². The van der Waals surface area contributed by atoms with Gasteiger partial charge in [0.25, 0.3) is 0 Å². The third-order valence-electron chi connectivity index (χ3n) is 9.60. The molecule has 8 aromatic rings. The molecule has 0 unspecified atom stereocenters. The molecule has 0 radical (unpaired) electrons. The van der Waals surface area contributed by atoms with E-state index in [9.17, 15) is 0 Å². The number of hydrogen-bond acceptors (Lipinski definition) is 7. The van der Waals surface area contributed by atoms with Gasteiger partial charge in [0.2, 0.25) is 0 Å². The average Bonchev–Trinajstić information content (AvgIpc) is 3.72. The van der Waals surface area contributed by atoms with E-state index in [2.05, 4.69) is 82.3 Å². The zero-order valence-corrected chi connectivity index (χ0v) is 27.3. The van der Waals surface area contributed by atoms with Crippen molar-refractivity contribution >= 4 is 66.0 Å². The molecular formula is C39H30BN3O3S. The first-order chi connectivity index (χ1) is 22.7. The Morgan fingerprint density at radius 2 is 1.04 bits per heavy atom. The van der Waals surface area contributed by atoms with Gasteiger partial charge in [-0.05, 0) is 81.7 Å². The van der Waals surface area contributed by atoms with Crippen LogP contribution in [0.1, 0.15) is 27.7 Å². The van der Waals surface area contributed by atoms with Crippen LogP contribution in [0.4, 0.5) is 0 Å². The van der Waals surface area contributed by atoms with Crippen molar-refractivity contribution in [2.45, 2.75) is 38.9 Å². The van der Waals surface area contributed by atoms with Crippen molar-refractivity contribution in [3.05, 3.63) is 109 Å². The number of para-hydroxylation sites is 1. The standard InChI is InChI=1S/C39H30BN3O3S/c1-38(2)39(3,4)46-40(45-38)26-17-13-23(14-18-26)35-41-36(24-15-19-32-29(21-24)27-9-5-7-11-31(27)44-32)43-37(42-35)25-16-20-34-30(22-25)28-10-6-8-12-33(28)47-34/h5-22H,1-4H3. The zero-order chi connectivity index (χ0) is 31.9. The summed E-state index contributed by atoms with van der Waals surface area (Å²) in [6.07, 6.45) is 0. The number of rotatable bonds is 4. The number of aromatic nitrogens is 3. The number of thiophene rings is 1. The lowest BCUT2D eigenvalue weighted by Crippen LogP contribution is -2.41. The molecule has 0 bridgehead atoms. The Labute approximate surface area is 276 Å². The molecule has 0 N–H and O–H groups in total. The van der Waals surface area contributed by atoms with E-state index in [1.807, 2.05) is 54.6 Å². The highest BCUT2D eigenvalue weighted by Crippen LogP contribution is 2.38. The van der Waals surface area contributed by atoms with E-state index in [0.717, 1.165) is 44.1 Å². The lowest BCUT2D eigenvalue weighted by atomic mass is 9.79. The van der Waals surface area contributed by atoms with Crippen LogP contribution in [0.15, 0.2) is 114 Å². The van der Waals surface area contributed by atoms with E-state index in [1.54, 1.807) is 11.3 Å². The number of hydrogen-bond donors (Lipinski definition) is 0. The fourth-order valence-electron chi connectivity index (χ4n) is 6.26. The second-order valence-corrected chi connectivity index (χ2v) is 14.2. The Morgan fingerprint density at radius 1 is 0.511 bits per heavy atom. The van der Waals surface area contributed by atoms with Crippen LogP contribution in [0.25, 0.3) is 76.3 Å². The van der Waals surface area contributed by atoms with Crippen LogP contribution in [-0.2, 0) is 9.31 Å². The van der Waals surface area contributed by atoms with Crippen LogP contribution < -0.4 is 5.46 Å². The van der Waals surface area contributed by atoms with Gasteiger partial charge in [-0.1, -0.05) is 60.7 Å². The Hall–Kier alpha value is -4.89. The summed E-state index contributed by atoms with van der Waals surface area (Å²) in [7, 11) is -0.442. The third kappa shape index (κ3) is 4.67. The SMILES string of the molecule is CC1(C)OB(c2ccc(-c3nc(-c4ccc5oc6ccccc6c5c4)nc(-c4ccc5sc6ccccc6c5c4)n3)cc2)OC1(C)C. The second-order valence-electron chi connectivity index (χ2n) is 13.1. The average molecular weight is 632 g/mol. The monoisotopic (exact) mass is 631 g/mol. The van der Waals surface area contributed by atoms with Gasteiger partial charge in [0.15, 0.2) is 17.5 Å². The summed E-state index contributed by atoms with van der Waals surface area (Å²) in [5.74, 6) is 1.81. The van der Waals surface area contributed by atoms with Crippen LogP contribution >= 0.6 is 11.3 Å². The highest BCUT2D eigenvalue weighted by molar-refractivity contribution is 7.25. The molecule has 1 aliphatic heterocycles. The van der Waals surface area contributed by atoms with Crippen molar-refractivity contribution in [2.75, 3.05) is 0 Å². The van der Waals surface area contributed by atoms with Gasteiger partial charge in [-0.2, -0.15) is 0 Å². The van der Waals surface area contributed by atoms with E-state index in [4.69, 9.17) is 28.7 Å². The predicted molar refractivity (Wildman–Crippen MR) is 192 cm³/mol. The molecule has 0 atom stereocenters. The molecule has 5 aromatic carbocycles. The molecule has 6 nitrogen and oxygen atoms in total. The van der Waals surface area contributed by atoms with Crippen molar-refractivity contribution in [2.24, 2.45) is 0 Å². The first-order valence-electron chi connectivity index (χ1n) is 15.8. The molecule has 0 aliphatic carbocycles. The molecule has 1 aliphatic rings. The Morgan fingerprint density at radius 3 is 1.77 bits per heavy atom. The molecule has 228 valence electrons. The quantitative estimate of drug-likeness (QED) is 0.180. The second kappa shape index (κ2) is 10.3. The molecule has 0 spiro atoms. The number of furan rings is 1. The summed E-state index contributed by atoms with van der Waals surface area (Å²) < 4.78 is 21.2. The van der Waals surface area contributed by atoms with Gasteiger partial charge in [-0.3, -0.25) is 0 Å². The van der Waals surface area contributed by atoms with Crippen LogP contribution in [-0.4, -0.2) is 33.3 Å². The maximum Gasteiger partial charge on any atom is 0.494 e. The minimum atomic E-state index is -0.442. The van der Waals surface area contributed by atoms with Gasteiger partial charge in [-0.15, -0.1) is 11.3 Å². The van der Waals surface area contributed by atoms with Gasteiger partial charge >= 0.3 is 7.12 Å². The maximum atomic E-state index is 6.30. The Balaban J connectivity index is 1.18. The minimum absolute atomic E-state index is 0.412. The van der Waals surface area contributed by atoms with Crippen LogP contribution in [0, 0.1) is 0 Å². The lowest BCUT2D eigenvalue weighted by Gasteiger charge is -2.32. The summed E-state index contributed by atoms with van der Waals surface area (Å²) in [5.41, 5.74) is 4.53. The topological polar surface area (TPSA) is 70.3 Å². The van der Waals surface area contributed by atoms with Gasteiger partial charge in [0.05, 0.1) is 11.2 Å². The number of benzene rings is 5. The summed E-state index contributed by atoms with van der Waals surface area (Å²) in [6, 6.07) is 37.3. The smallest absolute Gasteiger partial charge is 0.456 e. The summed E-state index contributed by atoms with van der Waals surface area (Å²) in [4.78, 5) is 15.1. The third-order valence-corrected chi connectivity index (χ3v) is 10.8. The first-order valence-corrected chi connectivity index (χ1v) is 16.6. The normalized spacial score (nSPS) is 15.8. The van der Waals surface area contributed by atoms with Crippen molar-refractivity contribution in [1.82, 2.24) is 15.0 Å². The first kappa shape index (κ1) is 28.3. The lowest BCUT2D eigenvalue weighted by molar-refractivity contribution is 0.00578. The molecule has 47 heavy (non-hydrogen) atoms. The molecule has 1 fully saturated rings. The molecule has 4 heterocycles. The Kier molecular flexibility index (Phi) is 6.22. The van der Waals surface area contributed by atoms with Crippen LogP contribution in [0.5, 0.6) is 0 Å². The highest BCUT2D eigenvalue weighted by atomic mass is 32.1. The fourth-order valence-corrected chi connectivity index (χ4v) is 7.35. The molecule has 0 amide bonds. The number of fused-ring (bicyclic) bond motifs is 6. The largest absolute Gasteiger partial charge is 0.494 e. The Bertz CT molecular complexity index is 2350. The molecule has 9 rings (SSSR count). The van der Waals surface area contributed by atoms with Crippen LogP contribution in [0.2, 0.25) is 0 Å². The molecular weight excluding hydrogens is 601 g/mol. The van der Waals surface area contributed by atoms with E-state index in [-0.39, 0.29) is 0 Å². The van der Waals surface area contributed by atoms with E-state index >= 15 is 0 Å². The minimum Gasteiger partial charge on any atom is -0.456 e. The van der Waals surface area contributed by atoms with Crippen molar-refractivity contribution in [1.29, 1.82) is 0 Å². The van der Waals surface area contributed by atoms with Gasteiger partial charge in [-0.25, -0.2) is 15.0 Å². The van der Waals surface area contributed by atoms with E-state index < -0.39 is 18.3 Å². The van der Waals surface area contributed by atoms with Crippen LogP contribution in [0.3, 0.4) is 0 Å². The predicted octanol–water partition coefficient (Wildman–Crippen LogP) is 9.44. The molecule has 1 saturated heterocycles. The number of nitrogens with zero attached hydrogens (tertiary/aromatic N) is 3. The zero-order valence-electron chi connectivity index (χ0n) is 26.4. The van der Waals surface area contributed by atoms with Crippen molar-refractivity contribution in [3.8, 4) is 34.2 Å². The van der Waals surface area contributed by atoms with Gasteiger partial charge < -0.3 is 13.7 Å². The molecule has 0 saturated carbocycles. The van der Waals surface area contributed by atoms with E-state index in [1.165, 1.54) is 20.2 Å². The molecule has 3 aromatic heterocycles. The molecule has 8 heteroatoms. The maximum absolute atomic E-state index is 6.30. The van der Waals surface area contributed by atoms with Gasteiger partial charge in [0.1, 0.15) is 11.2 Å².